The number of aromatic nitrogens is 2. The SMILES string of the molecule is COc1cccc(OC)c1-c1nc(Br)c2cc(C)ccn12. The zero-order chi connectivity index (χ0) is 15.0. The third-order valence-electron chi connectivity index (χ3n) is 3.41. The predicted molar refractivity (Wildman–Crippen MR) is 86.2 cm³/mol. The summed E-state index contributed by atoms with van der Waals surface area (Å²) < 4.78 is 13.8. The van der Waals surface area contributed by atoms with E-state index in [1.54, 1.807) is 14.2 Å². The summed E-state index contributed by atoms with van der Waals surface area (Å²) in [6.45, 7) is 2.06. The third kappa shape index (κ3) is 2.27. The lowest BCUT2D eigenvalue weighted by atomic mass is 10.1. The van der Waals surface area contributed by atoms with Gasteiger partial charge in [-0.15, -0.1) is 0 Å². The Bertz CT molecular complexity index is 789. The number of fused-ring (bicyclic) bond motifs is 1. The van der Waals surface area contributed by atoms with Crippen molar-refractivity contribution in [3.05, 3.63) is 46.7 Å². The van der Waals surface area contributed by atoms with Crippen LogP contribution in [-0.4, -0.2) is 23.6 Å². The highest BCUT2D eigenvalue weighted by Crippen LogP contribution is 2.39. The number of nitrogens with zero attached hydrogens (tertiary/aromatic N) is 2. The molecule has 4 nitrogen and oxygen atoms in total. The van der Waals surface area contributed by atoms with Crippen LogP contribution in [0.1, 0.15) is 5.56 Å². The fraction of sp³-hybridized carbons (Fsp3) is 0.188. The summed E-state index contributed by atoms with van der Waals surface area (Å²) in [5.74, 6) is 2.25. The van der Waals surface area contributed by atoms with Gasteiger partial charge in [0.1, 0.15) is 21.7 Å². The average Bonchev–Trinajstić information content (AvgIpc) is 2.82. The van der Waals surface area contributed by atoms with Crippen molar-refractivity contribution in [3.63, 3.8) is 0 Å². The van der Waals surface area contributed by atoms with Crippen LogP contribution in [0.3, 0.4) is 0 Å². The summed E-state index contributed by atoms with van der Waals surface area (Å²) in [5.41, 5.74) is 3.03. The number of rotatable bonds is 3. The molecule has 0 amide bonds. The first kappa shape index (κ1) is 13.9. The van der Waals surface area contributed by atoms with Gasteiger partial charge in [-0.1, -0.05) is 6.07 Å². The van der Waals surface area contributed by atoms with Crippen molar-refractivity contribution in [3.8, 4) is 22.9 Å². The first-order valence-electron chi connectivity index (χ1n) is 6.51. The minimum atomic E-state index is 0.731. The maximum absolute atomic E-state index is 5.48. The van der Waals surface area contributed by atoms with Gasteiger partial charge in [-0.2, -0.15) is 0 Å². The summed E-state index contributed by atoms with van der Waals surface area (Å²) in [7, 11) is 3.29. The summed E-state index contributed by atoms with van der Waals surface area (Å²) in [5, 5.41) is 0. The van der Waals surface area contributed by atoms with E-state index in [0.717, 1.165) is 33.0 Å². The molecule has 0 unspecified atom stereocenters. The normalized spacial score (nSPS) is 10.9. The number of hydrogen-bond acceptors (Lipinski definition) is 3. The fourth-order valence-corrected chi connectivity index (χ4v) is 2.87. The van der Waals surface area contributed by atoms with E-state index in [-0.39, 0.29) is 0 Å². The first-order chi connectivity index (χ1) is 10.2. The van der Waals surface area contributed by atoms with Gasteiger partial charge in [0.2, 0.25) is 0 Å². The Labute approximate surface area is 131 Å². The van der Waals surface area contributed by atoms with Crippen LogP contribution in [-0.2, 0) is 0 Å². The van der Waals surface area contributed by atoms with E-state index in [0.29, 0.717) is 0 Å². The molecule has 3 aromatic rings. The van der Waals surface area contributed by atoms with Crippen LogP contribution in [0, 0.1) is 6.92 Å². The number of aryl methyl sites for hydroxylation is 1. The van der Waals surface area contributed by atoms with E-state index in [9.17, 15) is 0 Å². The molecule has 0 aliphatic carbocycles. The van der Waals surface area contributed by atoms with E-state index < -0.39 is 0 Å². The lowest BCUT2D eigenvalue weighted by molar-refractivity contribution is 0.397. The molecule has 108 valence electrons. The van der Waals surface area contributed by atoms with Gasteiger partial charge in [0.25, 0.3) is 0 Å². The second kappa shape index (κ2) is 5.41. The number of imidazole rings is 1. The van der Waals surface area contributed by atoms with Crippen LogP contribution in [0.15, 0.2) is 41.1 Å². The van der Waals surface area contributed by atoms with E-state index in [2.05, 4.69) is 33.9 Å². The summed E-state index contributed by atoms with van der Waals surface area (Å²) in [6, 6.07) is 9.84. The summed E-state index contributed by atoms with van der Waals surface area (Å²) in [6.07, 6.45) is 2.00. The molecule has 3 rings (SSSR count). The Balaban J connectivity index is 2.36. The zero-order valence-corrected chi connectivity index (χ0v) is 13.6. The summed E-state index contributed by atoms with van der Waals surface area (Å²) in [4.78, 5) is 4.64. The molecule has 2 aromatic heterocycles. The molecule has 2 heterocycles. The Morgan fingerprint density at radius 3 is 2.38 bits per heavy atom. The molecule has 0 spiro atoms. The van der Waals surface area contributed by atoms with E-state index in [1.165, 1.54) is 5.56 Å². The van der Waals surface area contributed by atoms with Crippen molar-refractivity contribution in [2.75, 3.05) is 14.2 Å². The Morgan fingerprint density at radius 1 is 1.10 bits per heavy atom. The molecule has 0 fully saturated rings. The van der Waals surface area contributed by atoms with Crippen LogP contribution in [0.4, 0.5) is 0 Å². The summed E-state index contributed by atoms with van der Waals surface area (Å²) >= 11 is 3.53. The van der Waals surface area contributed by atoms with Gasteiger partial charge in [0, 0.05) is 6.20 Å². The topological polar surface area (TPSA) is 35.8 Å². The number of benzene rings is 1. The molecular formula is C16H15BrN2O2. The van der Waals surface area contributed by atoms with Crippen LogP contribution in [0.25, 0.3) is 16.9 Å². The fourth-order valence-electron chi connectivity index (χ4n) is 2.40. The molecule has 0 bridgehead atoms. The van der Waals surface area contributed by atoms with Crippen molar-refractivity contribution >= 4 is 21.4 Å². The molecule has 0 radical (unpaired) electrons. The largest absolute Gasteiger partial charge is 0.496 e. The van der Waals surface area contributed by atoms with Crippen molar-refractivity contribution in [2.45, 2.75) is 6.92 Å². The monoisotopic (exact) mass is 346 g/mol. The van der Waals surface area contributed by atoms with Gasteiger partial charge in [-0.05, 0) is 52.7 Å². The highest BCUT2D eigenvalue weighted by Gasteiger charge is 2.19. The quantitative estimate of drug-likeness (QED) is 0.716. The average molecular weight is 347 g/mol. The third-order valence-corrected chi connectivity index (χ3v) is 3.99. The second-order valence-electron chi connectivity index (χ2n) is 4.72. The Hall–Kier alpha value is -2.01. The smallest absolute Gasteiger partial charge is 0.153 e. The number of pyridine rings is 1. The Morgan fingerprint density at radius 2 is 1.76 bits per heavy atom. The molecule has 0 aliphatic heterocycles. The van der Waals surface area contributed by atoms with Gasteiger partial charge in [-0.25, -0.2) is 4.98 Å². The maximum Gasteiger partial charge on any atom is 0.153 e. The van der Waals surface area contributed by atoms with Gasteiger partial charge < -0.3 is 9.47 Å². The van der Waals surface area contributed by atoms with Gasteiger partial charge in [0.15, 0.2) is 5.82 Å². The molecule has 5 heteroatoms. The van der Waals surface area contributed by atoms with Crippen LogP contribution >= 0.6 is 15.9 Å². The maximum atomic E-state index is 5.48. The molecule has 1 aromatic carbocycles. The molecule has 21 heavy (non-hydrogen) atoms. The predicted octanol–water partition coefficient (Wildman–Crippen LogP) is 4.09. The van der Waals surface area contributed by atoms with E-state index >= 15 is 0 Å². The van der Waals surface area contributed by atoms with Crippen LogP contribution in [0.5, 0.6) is 11.5 Å². The molecule has 0 atom stereocenters. The van der Waals surface area contributed by atoms with Gasteiger partial charge in [0.05, 0.1) is 19.7 Å². The lowest BCUT2D eigenvalue weighted by Gasteiger charge is -2.12. The molecule has 0 saturated carbocycles. The van der Waals surface area contributed by atoms with Crippen LogP contribution < -0.4 is 9.47 Å². The van der Waals surface area contributed by atoms with E-state index in [4.69, 9.17) is 9.47 Å². The van der Waals surface area contributed by atoms with Gasteiger partial charge in [-0.3, -0.25) is 4.40 Å². The standard InChI is InChI=1S/C16H15BrN2O2/c1-10-7-8-19-11(9-10)15(17)18-16(19)14-12(20-2)5-4-6-13(14)21-3/h4-9H,1-3H3. The Kier molecular flexibility index (Phi) is 3.59. The number of methoxy groups -OCH3 is 2. The molecule has 0 N–H and O–H groups in total. The van der Waals surface area contributed by atoms with Crippen molar-refractivity contribution < 1.29 is 9.47 Å². The minimum Gasteiger partial charge on any atom is -0.496 e. The number of hydrogen-bond donors (Lipinski definition) is 0. The van der Waals surface area contributed by atoms with Crippen LogP contribution in [0.2, 0.25) is 0 Å². The molecule has 0 aliphatic rings. The second-order valence-corrected chi connectivity index (χ2v) is 5.47. The molecule has 0 saturated heterocycles. The zero-order valence-electron chi connectivity index (χ0n) is 12.1. The lowest BCUT2D eigenvalue weighted by Crippen LogP contribution is -1.96. The highest BCUT2D eigenvalue weighted by atomic mass is 79.9. The van der Waals surface area contributed by atoms with Crippen molar-refractivity contribution in [1.29, 1.82) is 0 Å². The number of halogens is 1. The number of ether oxygens (including phenoxy) is 2. The van der Waals surface area contributed by atoms with Crippen molar-refractivity contribution in [1.82, 2.24) is 9.38 Å². The van der Waals surface area contributed by atoms with Crippen molar-refractivity contribution in [2.24, 2.45) is 0 Å². The van der Waals surface area contributed by atoms with E-state index in [1.807, 2.05) is 34.9 Å². The first-order valence-corrected chi connectivity index (χ1v) is 7.30. The molecular weight excluding hydrogens is 332 g/mol. The van der Waals surface area contributed by atoms with Gasteiger partial charge >= 0.3 is 0 Å². The highest BCUT2D eigenvalue weighted by molar-refractivity contribution is 9.10. The minimum absolute atomic E-state index is 0.731.